The lowest BCUT2D eigenvalue weighted by Gasteiger charge is -2.25. The van der Waals surface area contributed by atoms with Crippen LogP contribution in [0.5, 0.6) is 5.75 Å². The van der Waals surface area contributed by atoms with E-state index in [4.69, 9.17) is 9.47 Å². The lowest BCUT2D eigenvalue weighted by molar-refractivity contribution is -0.141. The molecule has 0 aromatic heterocycles. The molecule has 0 spiro atoms. The Hall–Kier alpha value is -3.26. The number of carbonyl (C=O) groups is 2. The smallest absolute Gasteiger partial charge is 0.412 e. The minimum Gasteiger partial charge on any atom is -0.505 e. The Labute approximate surface area is 190 Å². The summed E-state index contributed by atoms with van der Waals surface area (Å²) in [7, 11) is 0. The number of carbonyl (C=O) groups excluding carboxylic acids is 2. The van der Waals surface area contributed by atoms with Gasteiger partial charge in [0.25, 0.3) is 0 Å². The molecular formula is C24H24FNO5S. The third-order valence-electron chi connectivity index (χ3n) is 5.04. The third-order valence-corrected chi connectivity index (χ3v) is 5.30. The van der Waals surface area contributed by atoms with Crippen molar-refractivity contribution < 1.29 is 28.6 Å². The average Bonchev–Trinajstić information content (AvgIpc) is 2.79. The van der Waals surface area contributed by atoms with Gasteiger partial charge in [-0.15, -0.1) is 0 Å². The number of fused-ring (bicyclic) bond motifs is 1. The maximum Gasteiger partial charge on any atom is 0.412 e. The Morgan fingerprint density at radius 2 is 1.88 bits per heavy atom. The first kappa shape index (κ1) is 23.4. The van der Waals surface area contributed by atoms with Crippen molar-refractivity contribution in [2.45, 2.75) is 19.4 Å². The first-order chi connectivity index (χ1) is 15.4. The molecule has 0 saturated carbocycles. The highest BCUT2D eigenvalue weighted by atomic mass is 32.1. The van der Waals surface area contributed by atoms with Gasteiger partial charge in [0.1, 0.15) is 6.10 Å². The average molecular weight is 458 g/mol. The van der Waals surface area contributed by atoms with Gasteiger partial charge >= 0.3 is 12.1 Å². The SMILES string of the molecule is C[C@H](CCOC(=O)CS)[C@@H](OC(=O)Nc1cccc2ccccc12)c1ccc(O)c(F)c1. The van der Waals surface area contributed by atoms with Crippen molar-refractivity contribution in [2.24, 2.45) is 5.92 Å². The minimum absolute atomic E-state index is 0.0368. The number of anilines is 1. The van der Waals surface area contributed by atoms with Crippen molar-refractivity contribution in [1.29, 1.82) is 0 Å². The maximum atomic E-state index is 14.0. The summed E-state index contributed by atoms with van der Waals surface area (Å²) in [5.41, 5.74) is 0.959. The molecule has 0 radical (unpaired) electrons. The van der Waals surface area contributed by atoms with Gasteiger partial charge in [0.15, 0.2) is 11.6 Å². The minimum atomic E-state index is -0.838. The number of phenols is 1. The van der Waals surface area contributed by atoms with E-state index >= 15 is 0 Å². The molecule has 0 fully saturated rings. The number of hydrogen-bond acceptors (Lipinski definition) is 6. The van der Waals surface area contributed by atoms with Crippen molar-refractivity contribution in [2.75, 3.05) is 17.7 Å². The number of benzene rings is 3. The molecule has 6 nitrogen and oxygen atoms in total. The Balaban J connectivity index is 1.78. The molecule has 8 heteroatoms. The summed E-state index contributed by atoms with van der Waals surface area (Å²) >= 11 is 3.86. The molecule has 2 atom stereocenters. The number of halogens is 1. The highest BCUT2D eigenvalue weighted by Gasteiger charge is 2.25. The zero-order valence-corrected chi connectivity index (χ0v) is 18.3. The summed E-state index contributed by atoms with van der Waals surface area (Å²) in [6.45, 7) is 1.90. The summed E-state index contributed by atoms with van der Waals surface area (Å²) in [5, 5.41) is 14.1. The monoisotopic (exact) mass is 457 g/mol. The molecule has 0 aliphatic heterocycles. The molecule has 0 heterocycles. The van der Waals surface area contributed by atoms with Gasteiger partial charge in [-0.25, -0.2) is 9.18 Å². The van der Waals surface area contributed by atoms with Crippen LogP contribution >= 0.6 is 12.6 Å². The molecule has 3 rings (SSSR count). The number of amides is 1. The molecule has 168 valence electrons. The summed E-state index contributed by atoms with van der Waals surface area (Å²) in [5.74, 6) is -2.13. The lowest BCUT2D eigenvalue weighted by atomic mass is 9.94. The molecule has 0 unspecified atom stereocenters. The third kappa shape index (κ3) is 5.91. The lowest BCUT2D eigenvalue weighted by Crippen LogP contribution is -2.23. The van der Waals surface area contributed by atoms with Gasteiger partial charge in [0.05, 0.1) is 18.0 Å². The first-order valence-corrected chi connectivity index (χ1v) is 10.7. The van der Waals surface area contributed by atoms with Crippen LogP contribution < -0.4 is 5.32 Å². The van der Waals surface area contributed by atoms with E-state index in [-0.39, 0.29) is 18.3 Å². The maximum absolute atomic E-state index is 14.0. The van der Waals surface area contributed by atoms with E-state index in [0.717, 1.165) is 16.8 Å². The fourth-order valence-electron chi connectivity index (χ4n) is 3.36. The molecule has 0 saturated heterocycles. The van der Waals surface area contributed by atoms with Crippen LogP contribution in [0.25, 0.3) is 10.8 Å². The van der Waals surface area contributed by atoms with Crippen molar-refractivity contribution >= 4 is 41.2 Å². The molecule has 0 aliphatic rings. The molecule has 0 bridgehead atoms. The number of phenolic OH excluding ortho intramolecular Hbond substituents is 1. The predicted molar refractivity (Wildman–Crippen MR) is 123 cm³/mol. The van der Waals surface area contributed by atoms with E-state index in [1.54, 1.807) is 13.0 Å². The summed E-state index contributed by atoms with van der Waals surface area (Å²) in [4.78, 5) is 24.1. The quantitative estimate of drug-likeness (QED) is 0.308. The van der Waals surface area contributed by atoms with Gasteiger partial charge in [-0.05, 0) is 35.6 Å². The number of ether oxygens (including phenoxy) is 2. The largest absolute Gasteiger partial charge is 0.505 e. The number of nitrogens with one attached hydrogen (secondary N) is 1. The van der Waals surface area contributed by atoms with Crippen LogP contribution in [-0.2, 0) is 14.3 Å². The second kappa shape index (κ2) is 10.9. The molecule has 3 aromatic rings. The van der Waals surface area contributed by atoms with Crippen molar-refractivity contribution in [3.05, 3.63) is 72.0 Å². The van der Waals surface area contributed by atoms with Crippen molar-refractivity contribution in [3.63, 3.8) is 0 Å². The fourth-order valence-corrected chi connectivity index (χ4v) is 3.45. The van der Waals surface area contributed by atoms with Gasteiger partial charge in [-0.2, -0.15) is 12.6 Å². The molecular weight excluding hydrogens is 433 g/mol. The van der Waals surface area contributed by atoms with E-state index in [1.807, 2.05) is 36.4 Å². The Morgan fingerprint density at radius 1 is 1.12 bits per heavy atom. The Morgan fingerprint density at radius 3 is 2.62 bits per heavy atom. The standard InChI is InChI=1S/C24H24FNO5S/c1-15(11-12-30-22(28)14-32)23(17-9-10-21(27)19(25)13-17)31-24(29)26-20-8-4-6-16-5-2-3-7-18(16)20/h2-10,13,15,23,27,32H,11-12,14H2,1H3,(H,26,29)/t15-,23-/m1/s1. The Kier molecular flexibility index (Phi) is 7.94. The molecule has 0 aliphatic carbocycles. The van der Waals surface area contributed by atoms with Crippen LogP contribution in [-0.4, -0.2) is 29.5 Å². The number of rotatable bonds is 8. The summed E-state index contributed by atoms with van der Waals surface area (Å²) in [6, 6.07) is 16.9. The van der Waals surface area contributed by atoms with E-state index in [2.05, 4.69) is 17.9 Å². The summed E-state index contributed by atoms with van der Waals surface area (Å²) < 4.78 is 24.7. The number of aromatic hydroxyl groups is 1. The van der Waals surface area contributed by atoms with Crippen LogP contribution in [0.4, 0.5) is 14.9 Å². The zero-order chi connectivity index (χ0) is 23.1. The second-order valence-corrected chi connectivity index (χ2v) is 7.65. The van der Waals surface area contributed by atoms with Gasteiger partial charge in [0, 0.05) is 11.3 Å². The molecule has 3 aromatic carbocycles. The van der Waals surface area contributed by atoms with Crippen molar-refractivity contribution in [3.8, 4) is 5.75 Å². The van der Waals surface area contributed by atoms with Gasteiger partial charge in [0.2, 0.25) is 0 Å². The van der Waals surface area contributed by atoms with E-state index < -0.39 is 29.7 Å². The number of hydrogen-bond donors (Lipinski definition) is 3. The topological polar surface area (TPSA) is 84.9 Å². The number of thiol groups is 1. The zero-order valence-electron chi connectivity index (χ0n) is 17.5. The fraction of sp³-hybridized carbons (Fsp3) is 0.250. The van der Waals surface area contributed by atoms with Crippen LogP contribution in [0.15, 0.2) is 60.7 Å². The summed E-state index contributed by atoms with van der Waals surface area (Å²) in [6.07, 6.45) is -1.18. The van der Waals surface area contributed by atoms with Crippen LogP contribution in [0.1, 0.15) is 25.0 Å². The predicted octanol–water partition coefficient (Wildman–Crippen LogP) is 5.47. The van der Waals surface area contributed by atoms with E-state index in [0.29, 0.717) is 17.7 Å². The molecule has 1 amide bonds. The van der Waals surface area contributed by atoms with Gasteiger partial charge < -0.3 is 14.6 Å². The van der Waals surface area contributed by atoms with Crippen molar-refractivity contribution in [1.82, 2.24) is 0 Å². The number of esters is 1. The van der Waals surface area contributed by atoms with Gasteiger partial charge in [-0.3, -0.25) is 10.1 Å². The first-order valence-electron chi connectivity index (χ1n) is 10.1. The van der Waals surface area contributed by atoms with Crippen LogP contribution in [0.2, 0.25) is 0 Å². The molecule has 32 heavy (non-hydrogen) atoms. The van der Waals surface area contributed by atoms with Gasteiger partial charge in [-0.1, -0.05) is 49.4 Å². The second-order valence-electron chi connectivity index (χ2n) is 7.33. The van der Waals surface area contributed by atoms with E-state index in [9.17, 15) is 19.1 Å². The highest BCUT2D eigenvalue weighted by Crippen LogP contribution is 2.32. The van der Waals surface area contributed by atoms with E-state index in [1.165, 1.54) is 12.1 Å². The molecule has 2 N–H and O–H groups in total. The van der Waals surface area contributed by atoms with Crippen LogP contribution in [0, 0.1) is 11.7 Å². The highest BCUT2D eigenvalue weighted by molar-refractivity contribution is 7.81. The van der Waals surface area contributed by atoms with Crippen LogP contribution in [0.3, 0.4) is 0 Å². The Bertz CT molecular complexity index is 1100. The normalized spacial score (nSPS) is 12.7.